The van der Waals surface area contributed by atoms with E-state index in [1.807, 2.05) is 7.05 Å². The Morgan fingerprint density at radius 3 is 2.79 bits per heavy atom. The van der Waals surface area contributed by atoms with E-state index in [9.17, 15) is 0 Å². The van der Waals surface area contributed by atoms with Gasteiger partial charge < -0.3 is 5.32 Å². The Balaban J connectivity index is 2.74. The van der Waals surface area contributed by atoms with Gasteiger partial charge in [-0.25, -0.2) is 0 Å². The molecule has 3 heteroatoms. The number of fused-ring (bicyclic) bond motifs is 1. The lowest BCUT2D eigenvalue weighted by atomic mass is 10.1. The molecule has 1 nitrogen and oxygen atoms in total. The zero-order valence-corrected chi connectivity index (χ0v) is 9.76. The number of hydrogen-bond donors (Lipinski definition) is 1. The smallest absolute Gasteiger partial charge is 0.108 e. The molecule has 0 radical (unpaired) electrons. The summed E-state index contributed by atoms with van der Waals surface area (Å²) in [7, 11) is 1.87. The minimum absolute atomic E-state index is 0.833. The fourth-order valence-electron chi connectivity index (χ4n) is 1.57. The van der Waals surface area contributed by atoms with Crippen LogP contribution in [0.2, 0.25) is 0 Å². The molecule has 1 aromatic heterocycles. The van der Waals surface area contributed by atoms with Crippen molar-refractivity contribution >= 4 is 38.6 Å². The average molecular weight is 221 g/mol. The van der Waals surface area contributed by atoms with Crippen molar-refractivity contribution in [2.24, 2.45) is 0 Å². The van der Waals surface area contributed by atoms with E-state index in [0.29, 0.717) is 0 Å². The highest BCUT2D eigenvalue weighted by molar-refractivity contribution is 7.80. The molecule has 0 unspecified atom stereocenters. The highest BCUT2D eigenvalue weighted by Crippen LogP contribution is 2.30. The molecule has 0 bridgehead atoms. The second-order valence-corrected chi connectivity index (χ2v) is 4.77. The fourth-order valence-corrected chi connectivity index (χ4v) is 2.97. The van der Waals surface area contributed by atoms with Gasteiger partial charge in [0.1, 0.15) is 4.99 Å². The minimum atomic E-state index is 0.833. The number of rotatable bonds is 1. The third-order valence-electron chi connectivity index (χ3n) is 2.23. The Kier molecular flexibility index (Phi) is 2.52. The van der Waals surface area contributed by atoms with Gasteiger partial charge in [0.2, 0.25) is 0 Å². The van der Waals surface area contributed by atoms with Crippen LogP contribution >= 0.6 is 23.6 Å². The van der Waals surface area contributed by atoms with Crippen LogP contribution < -0.4 is 5.32 Å². The van der Waals surface area contributed by atoms with Crippen LogP contribution in [0.4, 0.5) is 0 Å². The first kappa shape index (κ1) is 9.62. The first-order valence-electron chi connectivity index (χ1n) is 4.44. The molecule has 0 aliphatic carbocycles. The van der Waals surface area contributed by atoms with Crippen molar-refractivity contribution in [1.29, 1.82) is 0 Å². The predicted molar refractivity (Wildman–Crippen MR) is 67.3 cm³/mol. The Morgan fingerprint density at radius 1 is 1.36 bits per heavy atom. The molecule has 0 atom stereocenters. The molecule has 72 valence electrons. The van der Waals surface area contributed by atoms with E-state index >= 15 is 0 Å². The van der Waals surface area contributed by atoms with E-state index in [-0.39, 0.29) is 0 Å². The molecule has 2 rings (SSSR count). The summed E-state index contributed by atoms with van der Waals surface area (Å²) < 4.78 is 1.30. The maximum absolute atomic E-state index is 5.29. The van der Waals surface area contributed by atoms with Crippen LogP contribution in [0.15, 0.2) is 24.3 Å². The van der Waals surface area contributed by atoms with Crippen molar-refractivity contribution in [3.05, 3.63) is 34.7 Å². The summed E-state index contributed by atoms with van der Waals surface area (Å²) in [4.78, 5) is 2.12. The minimum Gasteiger partial charge on any atom is -0.379 e. The third kappa shape index (κ3) is 1.42. The first-order valence-corrected chi connectivity index (χ1v) is 5.66. The van der Waals surface area contributed by atoms with Crippen LogP contribution in [0.1, 0.15) is 10.4 Å². The zero-order chi connectivity index (χ0) is 10.1. The molecule has 2 aromatic rings. The molecule has 14 heavy (non-hydrogen) atoms. The van der Waals surface area contributed by atoms with E-state index in [1.165, 1.54) is 20.5 Å². The molecule has 0 saturated carbocycles. The van der Waals surface area contributed by atoms with E-state index < -0.39 is 0 Å². The third-order valence-corrected chi connectivity index (χ3v) is 3.72. The van der Waals surface area contributed by atoms with Crippen LogP contribution in [-0.2, 0) is 0 Å². The number of thiocarbonyl (C=S) groups is 1. The number of hydrogen-bond acceptors (Lipinski definition) is 2. The monoisotopic (exact) mass is 221 g/mol. The van der Waals surface area contributed by atoms with Gasteiger partial charge in [-0.15, -0.1) is 11.3 Å². The normalized spacial score (nSPS) is 10.4. The van der Waals surface area contributed by atoms with Crippen molar-refractivity contribution in [2.45, 2.75) is 6.92 Å². The lowest BCUT2D eigenvalue weighted by molar-refractivity contribution is 1.20. The summed E-state index contributed by atoms with van der Waals surface area (Å²) in [6, 6.07) is 8.37. The molecule has 1 aromatic carbocycles. The molecular formula is C11H11NS2. The van der Waals surface area contributed by atoms with Gasteiger partial charge in [-0.05, 0) is 13.0 Å². The van der Waals surface area contributed by atoms with E-state index in [0.717, 1.165) is 4.99 Å². The first-order chi connectivity index (χ1) is 6.74. The van der Waals surface area contributed by atoms with Crippen molar-refractivity contribution in [2.75, 3.05) is 7.05 Å². The summed E-state index contributed by atoms with van der Waals surface area (Å²) >= 11 is 7.08. The standard InChI is InChI=1S/C11H11NS2/c1-7-10(11(13)12-2)8-5-3-4-6-9(8)14-7/h3-6H,1-2H3,(H,12,13). The van der Waals surface area contributed by atoms with Gasteiger partial charge in [0.05, 0.1) is 0 Å². The second-order valence-electron chi connectivity index (χ2n) is 3.11. The van der Waals surface area contributed by atoms with E-state index in [4.69, 9.17) is 12.2 Å². The molecule has 0 amide bonds. The molecule has 1 N–H and O–H groups in total. The van der Waals surface area contributed by atoms with Crippen molar-refractivity contribution in [1.82, 2.24) is 5.32 Å². The van der Waals surface area contributed by atoms with Gasteiger partial charge in [-0.3, -0.25) is 0 Å². The summed E-state index contributed by atoms with van der Waals surface area (Å²) in [6.45, 7) is 2.11. The van der Waals surface area contributed by atoms with E-state index in [1.54, 1.807) is 11.3 Å². The van der Waals surface area contributed by atoms with Gasteiger partial charge in [-0.2, -0.15) is 0 Å². The maximum Gasteiger partial charge on any atom is 0.108 e. The SMILES string of the molecule is CNC(=S)c1c(C)sc2ccccc12. The summed E-state index contributed by atoms with van der Waals surface area (Å²) in [5, 5.41) is 4.30. The Labute approximate surface area is 92.8 Å². The molecule has 0 saturated heterocycles. The lowest BCUT2D eigenvalue weighted by Crippen LogP contribution is -2.16. The van der Waals surface area contributed by atoms with Crippen LogP contribution in [-0.4, -0.2) is 12.0 Å². The molecule has 0 spiro atoms. The van der Waals surface area contributed by atoms with Crippen molar-refractivity contribution < 1.29 is 0 Å². The number of nitrogens with one attached hydrogen (secondary N) is 1. The topological polar surface area (TPSA) is 12.0 Å². The maximum atomic E-state index is 5.29. The van der Waals surface area contributed by atoms with E-state index in [2.05, 4.69) is 36.5 Å². The van der Waals surface area contributed by atoms with Crippen LogP contribution in [0, 0.1) is 6.92 Å². The lowest BCUT2D eigenvalue weighted by Gasteiger charge is -2.02. The van der Waals surface area contributed by atoms with Crippen LogP contribution in [0.25, 0.3) is 10.1 Å². The van der Waals surface area contributed by atoms with Crippen LogP contribution in [0.5, 0.6) is 0 Å². The average Bonchev–Trinajstić information content (AvgIpc) is 2.53. The van der Waals surface area contributed by atoms with Gasteiger partial charge >= 0.3 is 0 Å². The zero-order valence-electron chi connectivity index (χ0n) is 8.13. The molecule has 0 aliphatic rings. The fraction of sp³-hybridized carbons (Fsp3) is 0.182. The number of aryl methyl sites for hydroxylation is 1. The van der Waals surface area contributed by atoms with Gasteiger partial charge in [0, 0.05) is 27.6 Å². The Bertz CT molecular complexity index is 485. The van der Waals surface area contributed by atoms with Gasteiger partial charge in [-0.1, -0.05) is 30.4 Å². The van der Waals surface area contributed by atoms with Crippen LogP contribution in [0.3, 0.4) is 0 Å². The van der Waals surface area contributed by atoms with Gasteiger partial charge in [0.15, 0.2) is 0 Å². The van der Waals surface area contributed by atoms with Crippen molar-refractivity contribution in [3.63, 3.8) is 0 Å². The highest BCUT2D eigenvalue weighted by Gasteiger charge is 2.11. The predicted octanol–water partition coefficient (Wildman–Crippen LogP) is 3.10. The second kappa shape index (κ2) is 3.67. The summed E-state index contributed by atoms with van der Waals surface area (Å²) in [5.41, 5.74) is 1.18. The number of thiophene rings is 1. The molecular weight excluding hydrogens is 210 g/mol. The molecule has 0 fully saturated rings. The summed E-state index contributed by atoms with van der Waals surface area (Å²) in [5.74, 6) is 0. The highest BCUT2D eigenvalue weighted by atomic mass is 32.1. The molecule has 0 aliphatic heterocycles. The molecule has 1 heterocycles. The number of benzene rings is 1. The summed E-state index contributed by atoms with van der Waals surface area (Å²) in [6.07, 6.45) is 0. The van der Waals surface area contributed by atoms with Gasteiger partial charge in [0.25, 0.3) is 0 Å². The Hall–Kier alpha value is -0.930. The van der Waals surface area contributed by atoms with Crippen molar-refractivity contribution in [3.8, 4) is 0 Å². The largest absolute Gasteiger partial charge is 0.379 e. The Morgan fingerprint density at radius 2 is 2.07 bits per heavy atom. The quantitative estimate of drug-likeness (QED) is 0.743.